The van der Waals surface area contributed by atoms with Gasteiger partial charge in [0.2, 0.25) is 0 Å². The summed E-state index contributed by atoms with van der Waals surface area (Å²) in [6.07, 6.45) is -2.43. The lowest BCUT2D eigenvalue weighted by molar-refractivity contribution is -0.145. The van der Waals surface area contributed by atoms with Gasteiger partial charge in [-0.3, -0.25) is 14.2 Å². The van der Waals surface area contributed by atoms with E-state index in [1.807, 2.05) is 53.0 Å². The largest absolute Gasteiger partial charge is 0.459 e. The van der Waals surface area contributed by atoms with Crippen LogP contribution in [0.3, 0.4) is 0 Å². The summed E-state index contributed by atoms with van der Waals surface area (Å²) in [5, 5.41) is 0.280. The molecule has 0 radical (unpaired) electrons. The van der Waals surface area contributed by atoms with Gasteiger partial charge in [0.25, 0.3) is 15.7 Å². The van der Waals surface area contributed by atoms with Crippen molar-refractivity contribution in [2.24, 2.45) is 5.73 Å². The maximum Gasteiger partial charge on any atom is 0.333 e. The highest BCUT2D eigenvalue weighted by atomic mass is 32.2. The number of hydrogen-bond acceptors (Lipinski definition) is 11. The molecule has 1 aromatic carbocycles. The van der Waals surface area contributed by atoms with Crippen LogP contribution in [-0.2, 0) is 50.6 Å². The quantitative estimate of drug-likeness (QED) is 0.210. The van der Waals surface area contributed by atoms with Gasteiger partial charge in [-0.15, -0.1) is 0 Å². The average molecular weight is 738 g/mol. The number of carbonyl (C=O) groups excluding carboxylic acids is 1. The molecule has 0 amide bonds. The lowest BCUT2D eigenvalue weighted by atomic mass is 9.89. The standard InChI is InChI=1S/C33H51N3O10SSi2/c1-22-17-36(30(39)35(28(22)38)18-26(37)42-19-23-15-13-12-14-16-23)29-27(45-49(10,11)32(5,6)7)33(24(34)21-47(40,41)46-33)25(44-29)20-43-48(8,9)31(2,3)4/h12-17,21,25,27,29H,18-20,34H2,1-11H3/t25?,27-,29+,33?/m0/s1. The molecule has 272 valence electrons. The molecule has 1 fully saturated rings. The zero-order valence-corrected chi connectivity index (χ0v) is 33.2. The Bertz CT molecular complexity index is 1830. The van der Waals surface area contributed by atoms with Crippen molar-refractivity contribution in [3.05, 3.63) is 79.6 Å². The molecule has 0 aliphatic carbocycles. The molecule has 2 unspecified atom stereocenters. The van der Waals surface area contributed by atoms with Crippen molar-refractivity contribution < 1.29 is 35.7 Å². The van der Waals surface area contributed by atoms with Gasteiger partial charge >= 0.3 is 11.7 Å². The summed E-state index contributed by atoms with van der Waals surface area (Å²) < 4.78 is 59.4. The van der Waals surface area contributed by atoms with Crippen LogP contribution in [0.5, 0.6) is 0 Å². The average Bonchev–Trinajstić information content (AvgIpc) is 3.40. The minimum absolute atomic E-state index is 0.0432. The van der Waals surface area contributed by atoms with Crippen LogP contribution in [-0.4, -0.2) is 64.6 Å². The molecular weight excluding hydrogens is 687 g/mol. The van der Waals surface area contributed by atoms with Crippen LogP contribution < -0.4 is 17.0 Å². The van der Waals surface area contributed by atoms with E-state index in [2.05, 4.69) is 20.8 Å². The number of aromatic nitrogens is 2. The van der Waals surface area contributed by atoms with Crippen molar-refractivity contribution in [2.45, 2.75) is 122 Å². The van der Waals surface area contributed by atoms with E-state index in [0.717, 1.165) is 20.1 Å². The Morgan fingerprint density at radius 3 is 2.12 bits per heavy atom. The molecule has 1 aromatic heterocycles. The predicted octanol–water partition coefficient (Wildman–Crippen LogP) is 4.27. The molecule has 1 spiro atoms. The molecule has 1 saturated heterocycles. The molecule has 13 nitrogen and oxygen atoms in total. The minimum Gasteiger partial charge on any atom is -0.459 e. The van der Waals surface area contributed by atoms with Crippen LogP contribution in [0, 0.1) is 6.92 Å². The molecule has 4 rings (SSSR count). The van der Waals surface area contributed by atoms with E-state index in [0.29, 0.717) is 0 Å². The third kappa shape index (κ3) is 7.74. The molecule has 2 aliphatic rings. The van der Waals surface area contributed by atoms with E-state index in [9.17, 15) is 22.8 Å². The van der Waals surface area contributed by atoms with Crippen LogP contribution in [0.25, 0.3) is 0 Å². The summed E-state index contributed by atoms with van der Waals surface area (Å²) in [7, 11) is -9.50. The predicted molar refractivity (Wildman–Crippen MR) is 190 cm³/mol. The molecule has 16 heteroatoms. The van der Waals surface area contributed by atoms with E-state index in [1.165, 1.54) is 13.1 Å². The molecule has 49 heavy (non-hydrogen) atoms. The molecule has 2 aliphatic heterocycles. The Morgan fingerprint density at radius 1 is 1.00 bits per heavy atom. The van der Waals surface area contributed by atoms with Crippen molar-refractivity contribution in [3.8, 4) is 0 Å². The zero-order valence-electron chi connectivity index (χ0n) is 30.4. The number of hydrogen-bond donors (Lipinski definition) is 1. The number of aryl methyl sites for hydroxylation is 1. The Morgan fingerprint density at radius 2 is 1.59 bits per heavy atom. The first kappa shape index (κ1) is 38.9. The Balaban J connectivity index is 1.85. The molecule has 4 atom stereocenters. The van der Waals surface area contributed by atoms with Gasteiger partial charge in [-0.1, -0.05) is 71.9 Å². The second-order valence-corrected chi connectivity index (χ2v) is 26.8. The first-order valence-corrected chi connectivity index (χ1v) is 23.5. The van der Waals surface area contributed by atoms with Crippen LogP contribution >= 0.6 is 0 Å². The number of esters is 1. The fraction of sp³-hybridized carbons (Fsp3) is 0.606. The topological polar surface area (TPSA) is 167 Å². The van der Waals surface area contributed by atoms with Gasteiger partial charge in [0.15, 0.2) is 28.5 Å². The van der Waals surface area contributed by atoms with E-state index in [4.69, 9.17) is 28.2 Å². The van der Waals surface area contributed by atoms with Gasteiger partial charge in [0.1, 0.15) is 25.4 Å². The monoisotopic (exact) mass is 737 g/mol. The molecule has 3 heterocycles. The van der Waals surface area contributed by atoms with Crippen molar-refractivity contribution in [1.82, 2.24) is 9.13 Å². The van der Waals surface area contributed by atoms with Crippen molar-refractivity contribution in [1.29, 1.82) is 0 Å². The summed E-state index contributed by atoms with van der Waals surface area (Å²) in [5.74, 6) is -0.795. The third-order valence-corrected chi connectivity index (χ3v) is 20.2. The van der Waals surface area contributed by atoms with E-state index < -0.39 is 74.6 Å². The van der Waals surface area contributed by atoms with Gasteiger partial charge in [0, 0.05) is 11.8 Å². The van der Waals surface area contributed by atoms with Gasteiger partial charge < -0.3 is 24.1 Å². The molecular formula is C33H51N3O10SSi2. The number of ether oxygens (including phenoxy) is 2. The fourth-order valence-electron chi connectivity index (χ4n) is 5.21. The van der Waals surface area contributed by atoms with Crippen LogP contribution in [0.1, 0.15) is 58.9 Å². The number of rotatable bonds is 10. The second-order valence-electron chi connectivity index (χ2n) is 15.9. The summed E-state index contributed by atoms with van der Waals surface area (Å²) in [5.41, 5.74) is 3.81. The van der Waals surface area contributed by atoms with Gasteiger partial charge in [-0.2, -0.15) is 8.42 Å². The van der Waals surface area contributed by atoms with Crippen LogP contribution in [0.2, 0.25) is 36.3 Å². The molecule has 2 aromatic rings. The number of nitrogens with zero attached hydrogens (tertiary/aromatic N) is 2. The second kappa shape index (κ2) is 13.4. The normalized spacial score (nSPS) is 24.3. The fourth-order valence-corrected chi connectivity index (χ4v) is 8.71. The van der Waals surface area contributed by atoms with Crippen molar-refractivity contribution in [2.75, 3.05) is 6.61 Å². The van der Waals surface area contributed by atoms with Gasteiger partial charge in [-0.25, -0.2) is 13.5 Å². The number of nitrogens with two attached hydrogens (primary N) is 1. The van der Waals surface area contributed by atoms with Crippen molar-refractivity contribution >= 4 is 32.7 Å². The summed E-state index contributed by atoms with van der Waals surface area (Å²) in [4.78, 5) is 40.4. The van der Waals surface area contributed by atoms with Gasteiger partial charge in [0.05, 0.1) is 17.7 Å². The summed E-state index contributed by atoms with van der Waals surface area (Å²) in [6.45, 7) is 20.9. The smallest absolute Gasteiger partial charge is 0.333 e. The number of carbonyl (C=O) groups is 1. The minimum atomic E-state index is -4.29. The maximum atomic E-state index is 14.2. The maximum absolute atomic E-state index is 14.2. The Hall–Kier alpha value is -2.87. The third-order valence-electron chi connectivity index (χ3n) is 10.2. The van der Waals surface area contributed by atoms with Crippen LogP contribution in [0.4, 0.5) is 0 Å². The summed E-state index contributed by atoms with van der Waals surface area (Å²) >= 11 is 0. The molecule has 0 saturated carbocycles. The first-order chi connectivity index (χ1) is 22.3. The zero-order chi connectivity index (χ0) is 37.0. The number of benzene rings is 1. The lowest BCUT2D eigenvalue weighted by Gasteiger charge is -2.43. The van der Waals surface area contributed by atoms with Crippen LogP contribution in [0.15, 0.2) is 57.2 Å². The van der Waals surface area contributed by atoms with Crippen molar-refractivity contribution in [3.63, 3.8) is 0 Å². The molecule has 0 bridgehead atoms. The highest BCUT2D eigenvalue weighted by molar-refractivity contribution is 7.90. The lowest BCUT2D eigenvalue weighted by Crippen LogP contribution is -2.59. The highest BCUT2D eigenvalue weighted by Gasteiger charge is 2.67. The Labute approximate surface area is 290 Å². The highest BCUT2D eigenvalue weighted by Crippen LogP contribution is 2.52. The van der Waals surface area contributed by atoms with E-state index in [1.54, 1.807) is 24.3 Å². The molecule has 2 N–H and O–H groups in total. The van der Waals surface area contributed by atoms with Gasteiger partial charge in [-0.05, 0) is 48.8 Å². The first-order valence-electron chi connectivity index (χ1n) is 16.3. The summed E-state index contributed by atoms with van der Waals surface area (Å²) in [6, 6.07) is 9.00. The Kier molecular flexibility index (Phi) is 10.6. The van der Waals surface area contributed by atoms with E-state index in [-0.39, 0.29) is 34.6 Å². The van der Waals surface area contributed by atoms with E-state index >= 15 is 0 Å². The SMILES string of the molecule is Cc1cn([C@@H]2OC(CO[Si](C)(C)C(C)(C)C)C3(OS(=O)(=O)C=C3N)[C@H]2O[Si](C)(C)C(C)(C)C)c(=O)n(CC(=O)OCc2ccccc2)c1=O.